The summed E-state index contributed by atoms with van der Waals surface area (Å²) in [6.45, 7) is 4.51. The van der Waals surface area contributed by atoms with Gasteiger partial charge in [0.25, 0.3) is 5.56 Å². The van der Waals surface area contributed by atoms with E-state index in [2.05, 4.69) is 30.5 Å². The molecule has 0 radical (unpaired) electrons. The summed E-state index contributed by atoms with van der Waals surface area (Å²) in [5.41, 5.74) is 3.37. The predicted molar refractivity (Wildman–Crippen MR) is 152 cm³/mol. The Bertz CT molecular complexity index is 1650. The third kappa shape index (κ3) is 4.54. The number of aromatic amines is 2. The highest BCUT2D eigenvalue weighted by Gasteiger charge is 2.35. The number of benzene rings is 2. The van der Waals surface area contributed by atoms with E-state index in [1.54, 1.807) is 18.6 Å². The second kappa shape index (κ2) is 9.85. The number of imidazole rings is 2. The Labute approximate surface area is 224 Å². The number of nitrogens with one attached hydrogen (secondary N) is 4. The van der Waals surface area contributed by atoms with Gasteiger partial charge < -0.3 is 30.1 Å². The van der Waals surface area contributed by atoms with Gasteiger partial charge in [-0.1, -0.05) is 12.1 Å². The van der Waals surface area contributed by atoms with Crippen molar-refractivity contribution in [1.29, 1.82) is 0 Å². The van der Waals surface area contributed by atoms with Gasteiger partial charge in [0.15, 0.2) is 0 Å². The second-order valence-electron chi connectivity index (χ2n) is 10.7. The first kappa shape index (κ1) is 23.9. The zero-order valence-corrected chi connectivity index (χ0v) is 21.6. The molecule has 2 bridgehead atoms. The molecule has 8 rings (SSSR count). The van der Waals surface area contributed by atoms with Crippen LogP contribution in [0.3, 0.4) is 0 Å². The van der Waals surface area contributed by atoms with Crippen LogP contribution >= 0.6 is 0 Å². The van der Waals surface area contributed by atoms with Gasteiger partial charge in [-0.2, -0.15) is 0 Å². The number of fused-ring (bicyclic) bond motifs is 5. The van der Waals surface area contributed by atoms with Crippen molar-refractivity contribution in [1.82, 2.24) is 29.4 Å². The van der Waals surface area contributed by atoms with Crippen LogP contribution in [0, 0.1) is 11.7 Å². The second-order valence-corrected chi connectivity index (χ2v) is 10.7. The van der Waals surface area contributed by atoms with Crippen molar-refractivity contribution in [2.45, 2.75) is 31.8 Å². The first-order valence-corrected chi connectivity index (χ1v) is 13.7. The fourth-order valence-corrected chi connectivity index (χ4v) is 6.12. The van der Waals surface area contributed by atoms with Crippen molar-refractivity contribution in [3.05, 3.63) is 71.3 Å². The van der Waals surface area contributed by atoms with Crippen molar-refractivity contribution in [3.8, 4) is 11.4 Å². The number of para-hydroxylation sites is 2. The molecule has 10 heteroatoms. The summed E-state index contributed by atoms with van der Waals surface area (Å²) < 4.78 is 17.5. The van der Waals surface area contributed by atoms with Gasteiger partial charge in [-0.3, -0.25) is 4.79 Å². The van der Waals surface area contributed by atoms with Gasteiger partial charge in [0.1, 0.15) is 17.2 Å². The van der Waals surface area contributed by atoms with Crippen molar-refractivity contribution in [2.75, 3.05) is 36.8 Å². The average Bonchev–Trinajstić information content (AvgIpc) is 3.62. The monoisotopic (exact) mass is 526 g/mol. The largest absolute Gasteiger partial charge is 0.383 e. The molecule has 0 saturated carbocycles. The van der Waals surface area contributed by atoms with Crippen LogP contribution in [-0.2, 0) is 6.54 Å². The SMILES string of the molecule is O=c1[nH]c2cc(NCCCn3ccnc3)c(F)cc2c(N[C@H]2CN3CCC2CC3)c1-c1nc2ccccc2[nH]1. The molecule has 3 aliphatic heterocycles. The number of anilines is 2. The first-order chi connectivity index (χ1) is 19.1. The molecule has 0 unspecified atom stereocenters. The Hall–Kier alpha value is -4.18. The number of hydrogen-bond donors (Lipinski definition) is 4. The van der Waals surface area contributed by atoms with E-state index < -0.39 is 0 Å². The number of aryl methyl sites for hydroxylation is 1. The summed E-state index contributed by atoms with van der Waals surface area (Å²) in [4.78, 5) is 31.2. The fourth-order valence-electron chi connectivity index (χ4n) is 6.12. The van der Waals surface area contributed by atoms with Gasteiger partial charge in [0.2, 0.25) is 0 Å². The smallest absolute Gasteiger partial charge is 0.261 e. The van der Waals surface area contributed by atoms with Gasteiger partial charge in [0, 0.05) is 43.5 Å². The molecule has 0 amide bonds. The number of rotatable bonds is 8. The average molecular weight is 527 g/mol. The molecule has 9 nitrogen and oxygen atoms in total. The number of H-pyrrole nitrogens is 2. The Morgan fingerprint density at radius 2 is 1.97 bits per heavy atom. The van der Waals surface area contributed by atoms with Gasteiger partial charge in [-0.25, -0.2) is 14.4 Å². The van der Waals surface area contributed by atoms with Crippen LogP contribution < -0.4 is 16.2 Å². The highest BCUT2D eigenvalue weighted by Crippen LogP contribution is 2.37. The Morgan fingerprint density at radius 3 is 2.74 bits per heavy atom. The van der Waals surface area contributed by atoms with E-state index in [9.17, 15) is 4.79 Å². The maximum atomic E-state index is 15.5. The Balaban J connectivity index is 1.27. The summed E-state index contributed by atoms with van der Waals surface area (Å²) >= 11 is 0. The number of aromatic nitrogens is 5. The van der Waals surface area contributed by atoms with Crippen LogP contribution in [0.4, 0.5) is 15.8 Å². The molecular formula is C29H31FN8O. The van der Waals surface area contributed by atoms with Crippen molar-refractivity contribution >= 4 is 33.3 Å². The third-order valence-corrected chi connectivity index (χ3v) is 8.18. The third-order valence-electron chi connectivity index (χ3n) is 8.18. The van der Waals surface area contributed by atoms with Crippen molar-refractivity contribution in [3.63, 3.8) is 0 Å². The lowest BCUT2D eigenvalue weighted by Gasteiger charge is -2.45. The van der Waals surface area contributed by atoms with Crippen molar-refractivity contribution < 1.29 is 4.39 Å². The van der Waals surface area contributed by atoms with E-state index >= 15 is 4.39 Å². The van der Waals surface area contributed by atoms with Crippen molar-refractivity contribution in [2.24, 2.45) is 5.92 Å². The molecule has 4 N–H and O–H groups in total. The van der Waals surface area contributed by atoms with E-state index in [0.717, 1.165) is 56.5 Å². The highest BCUT2D eigenvalue weighted by molar-refractivity contribution is 6.00. The maximum absolute atomic E-state index is 15.5. The molecule has 3 saturated heterocycles. The number of piperidine rings is 3. The predicted octanol–water partition coefficient (Wildman–Crippen LogP) is 4.42. The van der Waals surface area contributed by atoms with Crippen LogP contribution in [0.15, 0.2) is 59.9 Å². The topological polar surface area (TPSA) is 107 Å². The Kier molecular flexibility index (Phi) is 6.04. The molecule has 2 aromatic carbocycles. The zero-order chi connectivity index (χ0) is 26.3. The fraction of sp³-hybridized carbons (Fsp3) is 0.345. The number of halogens is 1. The van der Waals surface area contributed by atoms with E-state index in [-0.39, 0.29) is 17.4 Å². The van der Waals surface area contributed by atoms with Gasteiger partial charge in [-0.15, -0.1) is 0 Å². The quantitative estimate of drug-likeness (QED) is 0.223. The molecule has 0 aliphatic carbocycles. The minimum absolute atomic E-state index is 0.185. The molecule has 3 aromatic heterocycles. The van der Waals surface area contributed by atoms with Gasteiger partial charge in [0.05, 0.1) is 34.3 Å². The Morgan fingerprint density at radius 1 is 1.10 bits per heavy atom. The lowest BCUT2D eigenvalue weighted by Crippen LogP contribution is -2.53. The number of nitrogens with zero attached hydrogens (tertiary/aromatic N) is 4. The van der Waals surface area contributed by atoms with Crippen LogP contribution in [0.1, 0.15) is 19.3 Å². The van der Waals surface area contributed by atoms with Crippen LogP contribution in [0.2, 0.25) is 0 Å². The molecule has 39 heavy (non-hydrogen) atoms. The summed E-state index contributed by atoms with van der Waals surface area (Å²) in [6, 6.07) is 11.1. The minimum Gasteiger partial charge on any atom is -0.383 e. The summed E-state index contributed by atoms with van der Waals surface area (Å²) in [6.07, 6.45) is 8.48. The molecule has 0 spiro atoms. The summed E-state index contributed by atoms with van der Waals surface area (Å²) in [7, 11) is 0. The molecule has 3 fully saturated rings. The van der Waals surface area contributed by atoms with E-state index in [1.165, 1.54) is 6.07 Å². The lowest BCUT2D eigenvalue weighted by atomic mass is 9.83. The van der Waals surface area contributed by atoms with Gasteiger partial charge in [-0.05, 0) is 62.5 Å². The van der Waals surface area contributed by atoms with Crippen LogP contribution in [-0.4, -0.2) is 61.6 Å². The molecule has 3 aliphatic rings. The molecule has 1 atom stereocenters. The van der Waals surface area contributed by atoms with E-state index in [0.29, 0.717) is 46.1 Å². The first-order valence-electron chi connectivity index (χ1n) is 13.7. The standard InChI is InChI=1S/C29H31FN8O/c30-20-14-19-23(15-24(20)32-8-3-10-38-13-9-31-17-38)36-29(39)26(28-34-21-4-1-2-5-22(21)35-28)27(19)33-25-16-37-11-6-18(25)7-12-37/h1-2,4-5,9,13-15,17-18,25,32H,3,6-8,10-12,16H2,(H,34,35)(H2,33,36,39)/t25-/m0/s1. The maximum Gasteiger partial charge on any atom is 0.261 e. The lowest BCUT2D eigenvalue weighted by molar-refractivity contribution is 0.0976. The molecule has 5 aromatic rings. The van der Waals surface area contributed by atoms with E-state index in [4.69, 9.17) is 4.98 Å². The molecule has 6 heterocycles. The highest BCUT2D eigenvalue weighted by atomic mass is 19.1. The van der Waals surface area contributed by atoms with Gasteiger partial charge >= 0.3 is 0 Å². The summed E-state index contributed by atoms with van der Waals surface area (Å²) in [5, 5.41) is 7.54. The molecular weight excluding hydrogens is 495 g/mol. The molecule has 200 valence electrons. The zero-order valence-electron chi connectivity index (χ0n) is 21.6. The van der Waals surface area contributed by atoms with Crippen LogP contribution in [0.5, 0.6) is 0 Å². The summed E-state index contributed by atoms with van der Waals surface area (Å²) in [5.74, 6) is 0.643. The normalized spacial score (nSPS) is 20.6. The minimum atomic E-state index is -0.357. The van der Waals surface area contributed by atoms with E-state index in [1.807, 2.05) is 35.0 Å². The van der Waals surface area contributed by atoms with Crippen LogP contribution in [0.25, 0.3) is 33.3 Å². The number of pyridine rings is 1. The number of hydrogen-bond acceptors (Lipinski definition) is 6.